The summed E-state index contributed by atoms with van der Waals surface area (Å²) < 4.78 is 15.0. The van der Waals surface area contributed by atoms with Crippen molar-refractivity contribution in [1.82, 2.24) is 14.4 Å². The maximum Gasteiger partial charge on any atom is 0.142 e. The number of piperidine rings is 1. The molecule has 162 valence electrons. The molecule has 2 fully saturated rings. The van der Waals surface area contributed by atoms with Gasteiger partial charge in [-0.2, -0.15) is 0 Å². The zero-order valence-electron chi connectivity index (χ0n) is 18.5. The number of aromatic nitrogens is 1. The molecule has 0 spiro atoms. The van der Waals surface area contributed by atoms with E-state index in [1.54, 1.807) is 11.3 Å². The van der Waals surface area contributed by atoms with E-state index in [1.807, 2.05) is 0 Å². The number of rotatable bonds is 4. The SMILES string of the molecule is CC12CCCN3CCc4c(n(c5ccccc45)C(C)(OCCN4CCOCC4)C1)C32. The third-order valence-corrected chi connectivity index (χ3v) is 8.28. The van der Waals surface area contributed by atoms with Crippen LogP contribution in [0.5, 0.6) is 0 Å². The summed E-state index contributed by atoms with van der Waals surface area (Å²) in [6, 6.07) is 9.58. The molecule has 5 nitrogen and oxygen atoms in total. The number of ether oxygens (including phenoxy) is 2. The molecular weight excluding hydrogens is 374 g/mol. The van der Waals surface area contributed by atoms with Crippen molar-refractivity contribution in [2.45, 2.75) is 51.3 Å². The first-order valence-corrected chi connectivity index (χ1v) is 11.9. The molecule has 0 amide bonds. The van der Waals surface area contributed by atoms with Gasteiger partial charge in [-0.3, -0.25) is 9.80 Å². The standard InChI is InChI=1S/C25H35N3O2/c1-24-9-5-10-27-11-8-20-19-6-3-4-7-21(19)28(22(20)23(24)27)25(2,18-24)30-17-14-26-12-15-29-16-13-26/h3-4,6-7,23H,5,8-18H2,1-2H3. The summed E-state index contributed by atoms with van der Waals surface area (Å²) in [5.41, 5.74) is 4.51. The van der Waals surface area contributed by atoms with Crippen LogP contribution in [0.4, 0.5) is 0 Å². The molecule has 4 aliphatic heterocycles. The van der Waals surface area contributed by atoms with E-state index in [9.17, 15) is 0 Å². The van der Waals surface area contributed by atoms with Crippen LogP contribution in [0.2, 0.25) is 0 Å². The van der Waals surface area contributed by atoms with Crippen LogP contribution in [-0.2, 0) is 21.6 Å². The van der Waals surface area contributed by atoms with Gasteiger partial charge in [0.15, 0.2) is 0 Å². The quantitative estimate of drug-likeness (QED) is 0.769. The molecule has 5 heteroatoms. The molecule has 1 aromatic carbocycles. The molecular formula is C25H35N3O2. The van der Waals surface area contributed by atoms with E-state index in [2.05, 4.69) is 52.5 Å². The fraction of sp³-hybridized carbons (Fsp3) is 0.680. The first kappa shape index (κ1) is 19.3. The van der Waals surface area contributed by atoms with Crippen LogP contribution in [0.1, 0.15) is 50.4 Å². The Kier molecular flexibility index (Phi) is 4.54. The third-order valence-electron chi connectivity index (χ3n) is 8.28. The van der Waals surface area contributed by atoms with Gasteiger partial charge in [-0.1, -0.05) is 25.1 Å². The highest BCUT2D eigenvalue weighted by Gasteiger charge is 2.55. The van der Waals surface area contributed by atoms with E-state index in [0.29, 0.717) is 6.04 Å². The predicted molar refractivity (Wildman–Crippen MR) is 119 cm³/mol. The Morgan fingerprint density at radius 3 is 2.80 bits per heavy atom. The molecule has 0 saturated carbocycles. The van der Waals surface area contributed by atoms with Crippen molar-refractivity contribution in [2.24, 2.45) is 5.41 Å². The van der Waals surface area contributed by atoms with Crippen molar-refractivity contribution in [1.29, 1.82) is 0 Å². The molecule has 3 unspecified atom stereocenters. The molecule has 3 atom stereocenters. The molecule has 6 rings (SSSR count). The summed E-state index contributed by atoms with van der Waals surface area (Å²) in [6.07, 6.45) is 4.87. The van der Waals surface area contributed by atoms with Crippen LogP contribution in [0.25, 0.3) is 10.9 Å². The molecule has 2 saturated heterocycles. The van der Waals surface area contributed by atoms with E-state index >= 15 is 0 Å². The lowest BCUT2D eigenvalue weighted by molar-refractivity contribution is -0.165. The molecule has 5 heterocycles. The maximum absolute atomic E-state index is 6.86. The Morgan fingerprint density at radius 1 is 1.10 bits per heavy atom. The fourth-order valence-electron chi connectivity index (χ4n) is 7.13. The van der Waals surface area contributed by atoms with Crippen molar-refractivity contribution in [3.63, 3.8) is 0 Å². The van der Waals surface area contributed by atoms with Gasteiger partial charge in [0.1, 0.15) is 5.72 Å². The van der Waals surface area contributed by atoms with Gasteiger partial charge in [-0.15, -0.1) is 0 Å². The summed E-state index contributed by atoms with van der Waals surface area (Å²) in [5, 5.41) is 1.45. The molecule has 0 radical (unpaired) electrons. The molecule has 0 bridgehead atoms. The van der Waals surface area contributed by atoms with Crippen LogP contribution in [0.15, 0.2) is 24.3 Å². The van der Waals surface area contributed by atoms with Crippen LogP contribution in [-0.4, -0.2) is 66.9 Å². The average Bonchev–Trinajstić information content (AvgIpc) is 3.09. The number of hydrogen-bond donors (Lipinski definition) is 0. The first-order chi connectivity index (χ1) is 14.6. The monoisotopic (exact) mass is 409 g/mol. The van der Waals surface area contributed by atoms with Crippen molar-refractivity contribution in [3.05, 3.63) is 35.5 Å². The lowest BCUT2D eigenvalue weighted by Crippen LogP contribution is -2.56. The Bertz CT molecular complexity index is 949. The summed E-state index contributed by atoms with van der Waals surface area (Å²) in [4.78, 5) is 5.25. The molecule has 4 aliphatic rings. The number of morpholine rings is 1. The van der Waals surface area contributed by atoms with Gasteiger partial charge < -0.3 is 14.0 Å². The molecule has 0 N–H and O–H groups in total. The summed E-state index contributed by atoms with van der Waals surface area (Å²) in [5.74, 6) is 0. The van der Waals surface area contributed by atoms with E-state index in [1.165, 1.54) is 43.3 Å². The Balaban J connectivity index is 1.41. The number of hydrogen-bond acceptors (Lipinski definition) is 4. The van der Waals surface area contributed by atoms with Crippen molar-refractivity contribution in [2.75, 3.05) is 52.5 Å². The van der Waals surface area contributed by atoms with Gasteiger partial charge in [-0.05, 0) is 49.8 Å². The van der Waals surface area contributed by atoms with Crippen LogP contribution in [0, 0.1) is 5.41 Å². The second-order valence-electron chi connectivity index (χ2n) is 10.3. The van der Waals surface area contributed by atoms with Crippen LogP contribution < -0.4 is 0 Å². The minimum Gasteiger partial charge on any atom is -0.379 e. The van der Waals surface area contributed by atoms with E-state index < -0.39 is 0 Å². The lowest BCUT2D eigenvalue weighted by atomic mass is 9.65. The zero-order chi connectivity index (χ0) is 20.3. The highest BCUT2D eigenvalue weighted by molar-refractivity contribution is 5.86. The van der Waals surface area contributed by atoms with Gasteiger partial charge in [-0.25, -0.2) is 0 Å². The summed E-state index contributed by atoms with van der Waals surface area (Å²) in [7, 11) is 0. The van der Waals surface area contributed by atoms with E-state index in [0.717, 1.165) is 45.9 Å². The van der Waals surface area contributed by atoms with Crippen LogP contribution in [0.3, 0.4) is 0 Å². The number of benzene rings is 1. The van der Waals surface area contributed by atoms with Crippen molar-refractivity contribution in [3.8, 4) is 0 Å². The fourth-order valence-corrected chi connectivity index (χ4v) is 7.13. The number of para-hydroxylation sites is 1. The van der Waals surface area contributed by atoms with Crippen molar-refractivity contribution < 1.29 is 9.47 Å². The van der Waals surface area contributed by atoms with Gasteiger partial charge >= 0.3 is 0 Å². The highest BCUT2D eigenvalue weighted by Crippen LogP contribution is 2.59. The van der Waals surface area contributed by atoms with Crippen molar-refractivity contribution >= 4 is 10.9 Å². The molecule has 1 aromatic heterocycles. The second kappa shape index (κ2) is 7.06. The normalized spacial score (nSPS) is 34.3. The van der Waals surface area contributed by atoms with Crippen LogP contribution >= 0.6 is 0 Å². The smallest absolute Gasteiger partial charge is 0.142 e. The number of nitrogens with zero attached hydrogens (tertiary/aromatic N) is 3. The number of fused-ring (bicyclic) bond motifs is 3. The van der Waals surface area contributed by atoms with Gasteiger partial charge in [0.05, 0.1) is 31.4 Å². The zero-order valence-corrected chi connectivity index (χ0v) is 18.5. The third kappa shape index (κ3) is 2.82. The summed E-state index contributed by atoms with van der Waals surface area (Å²) in [6.45, 7) is 12.9. The maximum atomic E-state index is 6.86. The molecule has 2 aromatic rings. The molecule has 0 aliphatic carbocycles. The first-order valence-electron chi connectivity index (χ1n) is 11.9. The second-order valence-corrected chi connectivity index (χ2v) is 10.3. The minimum atomic E-state index is -0.287. The van der Waals surface area contributed by atoms with E-state index in [-0.39, 0.29) is 11.1 Å². The lowest BCUT2D eigenvalue weighted by Gasteiger charge is -2.58. The topological polar surface area (TPSA) is 29.9 Å². The Labute approximate surface area is 179 Å². The molecule has 30 heavy (non-hydrogen) atoms. The minimum absolute atomic E-state index is 0.283. The van der Waals surface area contributed by atoms with Gasteiger partial charge in [0, 0.05) is 43.7 Å². The van der Waals surface area contributed by atoms with Gasteiger partial charge in [0.25, 0.3) is 0 Å². The van der Waals surface area contributed by atoms with E-state index in [4.69, 9.17) is 9.47 Å². The average molecular weight is 410 g/mol. The highest BCUT2D eigenvalue weighted by atomic mass is 16.5. The largest absolute Gasteiger partial charge is 0.379 e. The summed E-state index contributed by atoms with van der Waals surface area (Å²) >= 11 is 0. The predicted octanol–water partition coefficient (Wildman–Crippen LogP) is 3.77. The Morgan fingerprint density at radius 2 is 1.93 bits per heavy atom. The Hall–Kier alpha value is -1.40. The van der Waals surface area contributed by atoms with Gasteiger partial charge in [0.2, 0.25) is 0 Å².